The largest absolute Gasteiger partial charge is 0.872 e. The van der Waals surface area contributed by atoms with Crippen molar-refractivity contribution in [1.82, 2.24) is 0 Å². The van der Waals surface area contributed by atoms with E-state index in [4.69, 9.17) is 0 Å². The van der Waals surface area contributed by atoms with Gasteiger partial charge in [0.15, 0.2) is 0 Å². The van der Waals surface area contributed by atoms with Crippen LogP contribution < -0.4 is 9.67 Å². The second kappa shape index (κ2) is 17.3. The predicted octanol–water partition coefficient (Wildman–Crippen LogP) is 15.0. The first-order chi connectivity index (χ1) is 29.3. The van der Waals surface area contributed by atoms with Crippen LogP contribution in [0.1, 0.15) is 132 Å². The molecule has 3 heteroatoms. The highest BCUT2D eigenvalue weighted by atomic mass is 16.3. The summed E-state index contributed by atoms with van der Waals surface area (Å²) in [7, 11) is 0. The van der Waals surface area contributed by atoms with Crippen LogP contribution in [0.4, 0.5) is 0 Å². The van der Waals surface area contributed by atoms with Crippen LogP contribution in [0.2, 0.25) is 0 Å². The summed E-state index contributed by atoms with van der Waals surface area (Å²) in [6.45, 7) is 33.7. The highest BCUT2D eigenvalue weighted by Gasteiger charge is 2.29. The molecule has 332 valence electrons. The second-order valence-corrected chi connectivity index (χ2v) is 22.9. The van der Waals surface area contributed by atoms with Crippen molar-refractivity contribution < 1.29 is 15.1 Å². The van der Waals surface area contributed by atoms with Gasteiger partial charge in [-0.15, -0.1) is 0 Å². The van der Waals surface area contributed by atoms with Gasteiger partial charge in [0, 0.05) is 35.4 Å². The van der Waals surface area contributed by atoms with Crippen molar-refractivity contribution >= 4 is 0 Å². The van der Waals surface area contributed by atoms with Crippen LogP contribution in [-0.2, 0) is 27.1 Å². The standard InChI is InChI=1S/C61H69NO.H2O/c1-57(2,3)46-26-16-40(17-27-46)45-36-54(43-22-32-49(33-23-43)60(10,11)12)62(55(37-45)44-24-34-50(35-25-44)61(13,14)15)51-38-52(41-18-28-47(29-19-41)58(4,5)6)56(63)53(39-51)42-20-30-48(31-21-42)59(7,8)9;/h16-39H,1-15H3;1H2. The first kappa shape index (κ1) is 47.7. The van der Waals surface area contributed by atoms with Crippen molar-refractivity contribution in [2.75, 3.05) is 0 Å². The Morgan fingerprint density at radius 1 is 0.297 bits per heavy atom. The van der Waals surface area contributed by atoms with Crippen molar-refractivity contribution in [3.05, 3.63) is 173 Å². The Morgan fingerprint density at radius 3 is 0.781 bits per heavy atom. The van der Waals surface area contributed by atoms with Gasteiger partial charge in [0.2, 0.25) is 17.1 Å². The van der Waals surface area contributed by atoms with Gasteiger partial charge in [0.25, 0.3) is 0 Å². The maximum atomic E-state index is 15.0. The first-order valence-corrected chi connectivity index (χ1v) is 22.8. The Kier molecular flexibility index (Phi) is 12.9. The molecule has 7 rings (SSSR count). The van der Waals surface area contributed by atoms with E-state index in [1.54, 1.807) is 0 Å². The third-order valence-electron chi connectivity index (χ3n) is 12.7. The molecule has 6 aromatic carbocycles. The van der Waals surface area contributed by atoms with Crippen LogP contribution >= 0.6 is 0 Å². The van der Waals surface area contributed by atoms with Gasteiger partial charge in [-0.2, -0.15) is 4.57 Å². The molecule has 0 unspecified atom stereocenters. The summed E-state index contributed by atoms with van der Waals surface area (Å²) in [5.41, 5.74) is 17.0. The van der Waals surface area contributed by atoms with Gasteiger partial charge in [0.1, 0.15) is 0 Å². The lowest BCUT2D eigenvalue weighted by molar-refractivity contribution is -0.572. The van der Waals surface area contributed by atoms with Gasteiger partial charge < -0.3 is 10.6 Å². The van der Waals surface area contributed by atoms with Crippen LogP contribution in [-0.4, -0.2) is 5.48 Å². The molecule has 0 aliphatic heterocycles. The predicted molar refractivity (Wildman–Crippen MR) is 272 cm³/mol. The summed E-state index contributed by atoms with van der Waals surface area (Å²) in [5.74, 6) is 0.0223. The normalized spacial score (nSPS) is 12.5. The Morgan fingerprint density at radius 2 is 0.531 bits per heavy atom. The number of hydrogen-bond donors (Lipinski definition) is 0. The lowest BCUT2D eigenvalue weighted by Crippen LogP contribution is -2.36. The van der Waals surface area contributed by atoms with Crippen LogP contribution in [0.3, 0.4) is 0 Å². The van der Waals surface area contributed by atoms with Crippen LogP contribution in [0, 0.1) is 0 Å². The number of rotatable bonds is 6. The van der Waals surface area contributed by atoms with E-state index in [2.05, 4.69) is 254 Å². The summed E-state index contributed by atoms with van der Waals surface area (Å²) in [6.07, 6.45) is 0. The third-order valence-corrected chi connectivity index (χ3v) is 12.7. The minimum absolute atomic E-state index is 0. The Labute approximate surface area is 385 Å². The molecule has 7 aromatic rings. The van der Waals surface area contributed by atoms with E-state index >= 15 is 5.11 Å². The minimum Gasteiger partial charge on any atom is -0.872 e. The first-order valence-electron chi connectivity index (χ1n) is 22.8. The van der Waals surface area contributed by atoms with Crippen molar-refractivity contribution in [2.24, 2.45) is 0 Å². The van der Waals surface area contributed by atoms with Gasteiger partial charge >= 0.3 is 0 Å². The third kappa shape index (κ3) is 10.1. The molecule has 0 atom stereocenters. The van der Waals surface area contributed by atoms with Crippen LogP contribution in [0.25, 0.3) is 61.6 Å². The molecule has 0 saturated heterocycles. The Hall–Kier alpha value is -5.77. The quantitative estimate of drug-likeness (QED) is 0.154. The maximum absolute atomic E-state index is 15.0. The van der Waals surface area contributed by atoms with E-state index in [1.807, 2.05) is 0 Å². The van der Waals surface area contributed by atoms with Crippen molar-refractivity contribution in [3.63, 3.8) is 0 Å². The Bertz CT molecular complexity index is 2560. The highest BCUT2D eigenvalue weighted by Crippen LogP contribution is 2.41. The average molecular weight is 850 g/mol. The van der Waals surface area contributed by atoms with Crippen molar-refractivity contribution in [1.29, 1.82) is 0 Å². The molecule has 0 aliphatic rings. The van der Waals surface area contributed by atoms with E-state index in [9.17, 15) is 0 Å². The number of benzene rings is 6. The van der Waals surface area contributed by atoms with E-state index < -0.39 is 0 Å². The summed E-state index contributed by atoms with van der Waals surface area (Å²) in [6, 6.07) is 53.4. The molecule has 1 heterocycles. The van der Waals surface area contributed by atoms with Crippen LogP contribution in [0.5, 0.6) is 5.75 Å². The van der Waals surface area contributed by atoms with Crippen molar-refractivity contribution in [2.45, 2.75) is 131 Å². The van der Waals surface area contributed by atoms with Gasteiger partial charge in [-0.3, -0.25) is 0 Å². The summed E-state index contributed by atoms with van der Waals surface area (Å²) >= 11 is 0. The van der Waals surface area contributed by atoms with E-state index in [-0.39, 0.29) is 38.3 Å². The SMILES string of the molecule is CC(C)(C)c1ccc(-c2cc(-c3ccc(C(C)(C)C)cc3)[n+](-c3cc(-c4ccc(C(C)(C)C)cc4)c([O-])c(-c4ccc(C(C)(C)C)cc4)c3)c(-c3ccc(C(C)(C)C)cc3)c2)cc1.O. The smallest absolute Gasteiger partial charge is 0.219 e. The minimum atomic E-state index is -0.0137. The molecular weight excluding hydrogens is 779 g/mol. The number of pyridine rings is 1. The zero-order valence-electron chi connectivity index (χ0n) is 41.2. The fourth-order valence-corrected chi connectivity index (χ4v) is 8.38. The molecule has 1 aromatic heterocycles. The topological polar surface area (TPSA) is 58.4 Å². The maximum Gasteiger partial charge on any atom is 0.219 e. The molecule has 0 aliphatic carbocycles. The highest BCUT2D eigenvalue weighted by molar-refractivity contribution is 5.84. The zero-order valence-corrected chi connectivity index (χ0v) is 41.2. The second-order valence-electron chi connectivity index (χ2n) is 22.9. The van der Waals surface area contributed by atoms with Gasteiger partial charge in [-0.05, 0) is 113 Å². The van der Waals surface area contributed by atoms with Gasteiger partial charge in [0.05, 0.1) is 0 Å². The molecule has 0 radical (unpaired) electrons. The average Bonchev–Trinajstić information content (AvgIpc) is 3.22. The molecule has 64 heavy (non-hydrogen) atoms. The number of nitrogens with zero attached hydrogens (tertiary/aromatic N) is 1. The lowest BCUT2D eigenvalue weighted by Gasteiger charge is -2.24. The summed E-state index contributed by atoms with van der Waals surface area (Å²) in [5, 5.41) is 15.0. The van der Waals surface area contributed by atoms with Crippen molar-refractivity contribution in [3.8, 4) is 67.3 Å². The van der Waals surface area contributed by atoms with Gasteiger partial charge in [-0.25, -0.2) is 0 Å². The van der Waals surface area contributed by atoms with Crippen LogP contribution in [0.15, 0.2) is 146 Å². The van der Waals surface area contributed by atoms with E-state index in [1.165, 1.54) is 27.8 Å². The Balaban J connectivity index is 0.00000680. The molecule has 2 N–H and O–H groups in total. The molecule has 3 nitrogen and oxygen atoms in total. The van der Waals surface area contributed by atoms with E-state index in [0.717, 1.165) is 50.5 Å². The van der Waals surface area contributed by atoms with E-state index in [0.29, 0.717) is 11.1 Å². The molecular formula is C61H71NO2. The summed E-state index contributed by atoms with van der Waals surface area (Å²) in [4.78, 5) is 0. The fraction of sp³-hybridized carbons (Fsp3) is 0.328. The monoisotopic (exact) mass is 850 g/mol. The number of aromatic nitrogens is 1. The molecule has 0 fully saturated rings. The summed E-state index contributed by atoms with van der Waals surface area (Å²) < 4.78 is 2.39. The van der Waals surface area contributed by atoms with Gasteiger partial charge in [-0.1, -0.05) is 207 Å². The lowest BCUT2D eigenvalue weighted by atomic mass is 9.85. The molecule has 0 saturated carbocycles. The number of hydrogen-bond acceptors (Lipinski definition) is 1. The molecule has 0 bridgehead atoms. The molecule has 0 amide bonds. The molecule has 0 spiro atoms. The zero-order chi connectivity index (χ0) is 45.9. The fourth-order valence-electron chi connectivity index (χ4n) is 8.38.